The van der Waals surface area contributed by atoms with E-state index >= 15 is 0 Å². The van der Waals surface area contributed by atoms with Gasteiger partial charge in [0.1, 0.15) is 18.1 Å². The topological polar surface area (TPSA) is 166 Å². The number of benzene rings is 1. The Kier molecular flexibility index (Phi) is 11.0. The van der Waals surface area contributed by atoms with Crippen molar-refractivity contribution in [3.63, 3.8) is 0 Å². The van der Waals surface area contributed by atoms with Gasteiger partial charge in [-0.2, -0.15) is 0 Å². The SMILES string of the molecule is NCC(C=O)(CC1CNCN1)NC(=O)C(CCC(=O)O)NC(O)CCc1ccc(C2C=CC=CC2)cc1. The molecule has 5 atom stereocenters. The number of aliphatic hydroxyl groups is 1. The molecule has 1 aromatic carbocycles. The number of nitrogens with one attached hydrogen (secondary N) is 4. The summed E-state index contributed by atoms with van der Waals surface area (Å²) in [5.41, 5.74) is 6.86. The van der Waals surface area contributed by atoms with Crippen molar-refractivity contribution in [1.82, 2.24) is 21.3 Å². The summed E-state index contributed by atoms with van der Waals surface area (Å²) >= 11 is 0. The van der Waals surface area contributed by atoms with Crippen LogP contribution < -0.4 is 27.0 Å². The maximum atomic E-state index is 13.1. The number of nitrogens with two attached hydrogens (primary N) is 1. The number of carboxylic acids is 1. The number of hydrogen-bond donors (Lipinski definition) is 7. The van der Waals surface area contributed by atoms with E-state index in [1.807, 2.05) is 18.2 Å². The minimum atomic E-state index is -1.29. The predicted molar refractivity (Wildman–Crippen MR) is 141 cm³/mol. The molecule has 5 unspecified atom stereocenters. The van der Waals surface area contributed by atoms with E-state index in [0.29, 0.717) is 44.7 Å². The first-order valence-electron chi connectivity index (χ1n) is 12.8. The standard InChI is InChI=1S/C27H39N5O5/c28-16-27(17-33,14-22-15-29-18-30-22)32-26(37)23(11-13-25(35)36)31-24(34)12-8-19-6-9-21(10-7-19)20-4-2-1-3-5-20/h1-4,6-7,9-10,17,20,22-24,29-31,34H,5,8,11-16,18,28H2,(H,32,37)(H,35,36). The number of allylic oxidation sites excluding steroid dienone is 4. The number of carboxylic acid groups (broad SMARTS) is 1. The van der Waals surface area contributed by atoms with Gasteiger partial charge in [-0.15, -0.1) is 0 Å². The first-order chi connectivity index (χ1) is 17.8. The third-order valence-electron chi connectivity index (χ3n) is 6.93. The lowest BCUT2D eigenvalue weighted by Gasteiger charge is -2.32. The molecule has 0 bridgehead atoms. The molecule has 0 spiro atoms. The summed E-state index contributed by atoms with van der Waals surface area (Å²) in [4.78, 5) is 36.3. The summed E-state index contributed by atoms with van der Waals surface area (Å²) < 4.78 is 0. The molecule has 3 rings (SSSR count). The third kappa shape index (κ3) is 8.87. The third-order valence-corrected chi connectivity index (χ3v) is 6.93. The van der Waals surface area contributed by atoms with Crippen LogP contribution in [-0.4, -0.2) is 72.0 Å². The van der Waals surface area contributed by atoms with Crippen LogP contribution in [0.15, 0.2) is 48.6 Å². The molecule has 1 heterocycles. The van der Waals surface area contributed by atoms with Crippen molar-refractivity contribution in [3.8, 4) is 0 Å². The van der Waals surface area contributed by atoms with Crippen LogP contribution in [0, 0.1) is 0 Å². The van der Waals surface area contributed by atoms with E-state index in [4.69, 9.17) is 10.8 Å². The smallest absolute Gasteiger partial charge is 0.303 e. The first-order valence-corrected chi connectivity index (χ1v) is 12.8. The average molecular weight is 514 g/mol. The van der Waals surface area contributed by atoms with Crippen molar-refractivity contribution in [2.24, 2.45) is 5.73 Å². The molecule has 0 saturated carbocycles. The number of hydrogen-bond acceptors (Lipinski definition) is 8. The Bertz CT molecular complexity index is 960. The van der Waals surface area contributed by atoms with E-state index in [0.717, 1.165) is 12.0 Å². The molecule has 1 aliphatic carbocycles. The van der Waals surface area contributed by atoms with E-state index in [1.165, 1.54) is 5.56 Å². The lowest BCUT2D eigenvalue weighted by atomic mass is 9.91. The zero-order chi connectivity index (χ0) is 26.7. The van der Waals surface area contributed by atoms with Gasteiger partial charge in [0.25, 0.3) is 0 Å². The predicted octanol–water partition coefficient (Wildman–Crippen LogP) is 0.282. The average Bonchev–Trinajstić information content (AvgIpc) is 3.43. The molecule has 202 valence electrons. The van der Waals surface area contributed by atoms with Crippen LogP contribution >= 0.6 is 0 Å². The molecule has 10 heteroatoms. The molecule has 1 aliphatic heterocycles. The van der Waals surface area contributed by atoms with Crippen LogP contribution in [0.1, 0.15) is 49.1 Å². The van der Waals surface area contributed by atoms with Crippen molar-refractivity contribution in [1.29, 1.82) is 0 Å². The van der Waals surface area contributed by atoms with E-state index in [2.05, 4.69) is 51.6 Å². The second kappa shape index (κ2) is 14.2. The van der Waals surface area contributed by atoms with Crippen LogP contribution in [0.25, 0.3) is 0 Å². The van der Waals surface area contributed by atoms with Gasteiger partial charge in [-0.1, -0.05) is 48.6 Å². The van der Waals surface area contributed by atoms with Crippen molar-refractivity contribution in [2.75, 3.05) is 19.8 Å². The highest BCUT2D eigenvalue weighted by molar-refractivity contribution is 5.86. The molecule has 2 aliphatic rings. The normalized spacial score (nSPS) is 22.2. The Balaban J connectivity index is 1.57. The van der Waals surface area contributed by atoms with Crippen LogP contribution in [-0.2, 0) is 20.8 Å². The molecular weight excluding hydrogens is 474 g/mol. The number of aliphatic hydroxyl groups excluding tert-OH is 1. The molecule has 8 N–H and O–H groups in total. The zero-order valence-electron chi connectivity index (χ0n) is 21.1. The highest BCUT2D eigenvalue weighted by Gasteiger charge is 2.36. The van der Waals surface area contributed by atoms with Gasteiger partial charge < -0.3 is 36.7 Å². The Labute approximate surface area is 217 Å². The van der Waals surface area contributed by atoms with E-state index < -0.39 is 29.7 Å². The summed E-state index contributed by atoms with van der Waals surface area (Å²) in [6.45, 7) is 1.14. The molecule has 37 heavy (non-hydrogen) atoms. The van der Waals surface area contributed by atoms with Gasteiger partial charge in [0.15, 0.2) is 0 Å². The molecule has 1 saturated heterocycles. The minimum Gasteiger partial charge on any atom is -0.481 e. The highest BCUT2D eigenvalue weighted by atomic mass is 16.4. The Morgan fingerprint density at radius 2 is 2.00 bits per heavy atom. The van der Waals surface area contributed by atoms with Crippen molar-refractivity contribution in [3.05, 3.63) is 59.7 Å². The maximum absolute atomic E-state index is 13.1. The lowest BCUT2D eigenvalue weighted by Crippen LogP contribution is -2.62. The van der Waals surface area contributed by atoms with Crippen molar-refractivity contribution < 1.29 is 24.6 Å². The summed E-state index contributed by atoms with van der Waals surface area (Å²) in [5, 5.41) is 31.7. The summed E-state index contributed by atoms with van der Waals surface area (Å²) in [7, 11) is 0. The number of aldehydes is 1. The zero-order valence-corrected chi connectivity index (χ0v) is 21.1. The highest BCUT2D eigenvalue weighted by Crippen LogP contribution is 2.25. The number of aryl methyl sites for hydroxylation is 1. The Morgan fingerprint density at radius 1 is 1.22 bits per heavy atom. The van der Waals surface area contributed by atoms with Gasteiger partial charge in [0.05, 0.1) is 6.04 Å². The molecule has 0 aromatic heterocycles. The van der Waals surface area contributed by atoms with Crippen LogP contribution in [0.3, 0.4) is 0 Å². The first kappa shape index (κ1) is 28.7. The number of rotatable bonds is 15. The maximum Gasteiger partial charge on any atom is 0.303 e. The summed E-state index contributed by atoms with van der Waals surface area (Å²) in [6, 6.07) is 7.21. The Hall–Kier alpha value is -2.89. The fraction of sp³-hybridized carbons (Fsp3) is 0.519. The molecule has 1 aromatic rings. The largest absolute Gasteiger partial charge is 0.481 e. The molecule has 10 nitrogen and oxygen atoms in total. The van der Waals surface area contributed by atoms with E-state index in [9.17, 15) is 19.5 Å². The van der Waals surface area contributed by atoms with E-state index in [-0.39, 0.29) is 25.4 Å². The van der Waals surface area contributed by atoms with Gasteiger partial charge in [-0.25, -0.2) is 0 Å². The molecule has 0 radical (unpaired) electrons. The molecular formula is C27H39N5O5. The lowest BCUT2D eigenvalue weighted by molar-refractivity contribution is -0.137. The second-order valence-electron chi connectivity index (χ2n) is 9.81. The van der Waals surface area contributed by atoms with Gasteiger partial charge >= 0.3 is 5.97 Å². The van der Waals surface area contributed by atoms with Crippen LogP contribution in [0.2, 0.25) is 0 Å². The van der Waals surface area contributed by atoms with Gasteiger partial charge in [-0.3, -0.25) is 14.9 Å². The second-order valence-corrected chi connectivity index (χ2v) is 9.81. The monoisotopic (exact) mass is 513 g/mol. The Morgan fingerprint density at radius 3 is 2.59 bits per heavy atom. The number of carbonyl (C=O) groups excluding carboxylic acids is 2. The minimum absolute atomic E-state index is 0.0398. The summed E-state index contributed by atoms with van der Waals surface area (Å²) in [5.74, 6) is -1.26. The number of aliphatic carboxylic acids is 1. The van der Waals surface area contributed by atoms with Crippen molar-refractivity contribution in [2.45, 2.75) is 68.3 Å². The molecule has 1 amide bonds. The fourth-order valence-corrected chi connectivity index (χ4v) is 4.70. The van der Waals surface area contributed by atoms with Crippen molar-refractivity contribution >= 4 is 18.2 Å². The fourth-order valence-electron chi connectivity index (χ4n) is 4.70. The van der Waals surface area contributed by atoms with Gasteiger partial charge in [0, 0.05) is 38.1 Å². The number of amides is 1. The summed E-state index contributed by atoms with van der Waals surface area (Å²) in [6.07, 6.45) is 9.87. The van der Waals surface area contributed by atoms with Gasteiger partial charge in [0.2, 0.25) is 5.91 Å². The van der Waals surface area contributed by atoms with E-state index in [1.54, 1.807) is 0 Å². The van der Waals surface area contributed by atoms with Crippen LogP contribution in [0.5, 0.6) is 0 Å². The van der Waals surface area contributed by atoms with Crippen LogP contribution in [0.4, 0.5) is 0 Å². The molecule has 1 fully saturated rings. The quantitative estimate of drug-likeness (QED) is 0.129. The number of carbonyl (C=O) groups is 3. The van der Waals surface area contributed by atoms with Gasteiger partial charge in [-0.05, 0) is 43.2 Å².